The maximum atomic E-state index is 4.01. The fourth-order valence-electron chi connectivity index (χ4n) is 6.08. The normalized spacial score (nSPS) is 37.2. The lowest BCUT2D eigenvalue weighted by atomic mass is 9.49. The number of allylic oxidation sites excluding steroid dienone is 3. The predicted octanol–water partition coefficient (Wildman–Crippen LogP) is 7.25. The molecule has 0 aromatic heterocycles. The van der Waals surface area contributed by atoms with E-state index in [1.807, 2.05) is 0 Å². The van der Waals surface area contributed by atoms with Crippen molar-refractivity contribution in [2.45, 2.75) is 67.6 Å². The first kappa shape index (κ1) is 16.9. The third kappa shape index (κ3) is 2.45. The Labute approximate surface area is 161 Å². The van der Waals surface area contributed by atoms with Gasteiger partial charge in [-0.1, -0.05) is 65.4 Å². The molecular weight excluding hydrogens is 403 g/mol. The molecule has 0 spiro atoms. The minimum Gasteiger partial charge on any atom is -0.103 e. The summed E-state index contributed by atoms with van der Waals surface area (Å²) < 4.78 is 0.697. The second-order valence-corrected chi connectivity index (χ2v) is 9.97. The van der Waals surface area contributed by atoms with Crippen molar-refractivity contribution in [1.82, 2.24) is 0 Å². The first-order valence-corrected chi connectivity index (χ1v) is 10.8. The Kier molecular flexibility index (Phi) is 4.43. The number of benzene rings is 1. The summed E-state index contributed by atoms with van der Waals surface area (Å²) >= 11 is 2.68. The lowest BCUT2D eigenvalue weighted by Gasteiger charge is -2.55. The maximum Gasteiger partial charge on any atom is 0.0362 e. The minimum atomic E-state index is 0.370. The molecule has 0 saturated carbocycles. The van der Waals surface area contributed by atoms with E-state index in [9.17, 15) is 0 Å². The van der Waals surface area contributed by atoms with Crippen molar-refractivity contribution in [3.63, 3.8) is 0 Å². The molecule has 4 rings (SSSR count). The van der Waals surface area contributed by atoms with Crippen LogP contribution in [0.1, 0.15) is 78.9 Å². The van der Waals surface area contributed by atoms with Crippen LogP contribution in [-0.2, 0) is 5.41 Å². The van der Waals surface area contributed by atoms with Crippen LogP contribution in [0.4, 0.5) is 0 Å². The van der Waals surface area contributed by atoms with E-state index in [0.717, 1.165) is 24.2 Å². The number of hydrogen-bond donors (Lipinski definition) is 0. The average Bonchev–Trinajstić information content (AvgIpc) is 2.58. The lowest BCUT2D eigenvalue weighted by molar-refractivity contribution is 0.114. The van der Waals surface area contributed by atoms with Crippen molar-refractivity contribution in [1.29, 1.82) is 0 Å². The zero-order valence-electron chi connectivity index (χ0n) is 15.0. The molecule has 0 aliphatic heterocycles. The second-order valence-electron chi connectivity index (χ2n) is 8.47. The molecule has 0 heterocycles. The molecule has 0 nitrogen and oxygen atoms in total. The molecule has 3 aliphatic rings. The quantitative estimate of drug-likeness (QED) is 0.268. The summed E-state index contributed by atoms with van der Waals surface area (Å²) in [5.74, 6) is 2.38. The minimum absolute atomic E-state index is 0.370. The Morgan fingerprint density at radius 3 is 2.92 bits per heavy atom. The summed E-state index contributed by atoms with van der Waals surface area (Å²) in [7, 11) is 0. The molecule has 0 N–H and O–H groups in total. The van der Waals surface area contributed by atoms with Gasteiger partial charge < -0.3 is 0 Å². The van der Waals surface area contributed by atoms with E-state index >= 15 is 0 Å². The zero-order chi connectivity index (χ0) is 16.9. The number of halogens is 1. The highest BCUT2D eigenvalue weighted by atomic mass is 127. The highest BCUT2D eigenvalue weighted by Gasteiger charge is 2.51. The van der Waals surface area contributed by atoms with E-state index in [1.165, 1.54) is 32.1 Å². The van der Waals surface area contributed by atoms with Crippen LogP contribution in [-0.4, -0.2) is 0 Å². The van der Waals surface area contributed by atoms with E-state index in [4.69, 9.17) is 0 Å². The Morgan fingerprint density at radius 2 is 2.12 bits per heavy atom. The van der Waals surface area contributed by atoms with Gasteiger partial charge in [-0.3, -0.25) is 0 Å². The fourth-order valence-corrected chi connectivity index (χ4v) is 6.91. The lowest BCUT2D eigenvalue weighted by Crippen LogP contribution is -2.47. The molecule has 0 bridgehead atoms. The van der Waals surface area contributed by atoms with Crippen LogP contribution >= 0.6 is 22.6 Å². The standard InChI is InChI=1S/C23H29I/c1-4-5-9-20-19-14-15(2)10-11-16(19)17-7-6-8-18-21(24)12-13-23(20,3)22(17)18/h4,6-8,10,16,19-21H,1,5,9,11-14H2,2-3H3/t16?,19?,20?,21?,23-/m1/s1. The van der Waals surface area contributed by atoms with Gasteiger partial charge in [0, 0.05) is 3.92 Å². The molecule has 1 aromatic rings. The van der Waals surface area contributed by atoms with E-state index in [0.29, 0.717) is 9.34 Å². The summed E-state index contributed by atoms with van der Waals surface area (Å²) in [4.78, 5) is 0. The maximum absolute atomic E-state index is 4.01. The summed E-state index contributed by atoms with van der Waals surface area (Å²) in [6.07, 6.45) is 12.4. The third-order valence-corrected chi connectivity index (χ3v) is 8.46. The molecule has 128 valence electrons. The molecule has 3 aliphatic carbocycles. The SMILES string of the molecule is C=CCCC1C2CC(C)=CCC2c2cccc3c2[C@]1(C)CCC3I. The monoisotopic (exact) mass is 432 g/mol. The molecule has 1 heteroatoms. The van der Waals surface area contributed by atoms with Crippen LogP contribution in [0.3, 0.4) is 0 Å². The van der Waals surface area contributed by atoms with Gasteiger partial charge in [0.25, 0.3) is 0 Å². The van der Waals surface area contributed by atoms with Crippen LogP contribution in [0.25, 0.3) is 0 Å². The van der Waals surface area contributed by atoms with E-state index in [-0.39, 0.29) is 0 Å². The second kappa shape index (κ2) is 6.30. The summed E-state index contributed by atoms with van der Waals surface area (Å²) in [6, 6.07) is 7.21. The van der Waals surface area contributed by atoms with Gasteiger partial charge in [0.15, 0.2) is 0 Å². The topological polar surface area (TPSA) is 0 Å². The first-order valence-electron chi connectivity index (χ1n) is 9.60. The van der Waals surface area contributed by atoms with Crippen LogP contribution in [0.2, 0.25) is 0 Å². The van der Waals surface area contributed by atoms with E-state index < -0.39 is 0 Å². The molecule has 0 fully saturated rings. The zero-order valence-corrected chi connectivity index (χ0v) is 17.2. The number of rotatable bonds is 3. The molecule has 24 heavy (non-hydrogen) atoms. The van der Waals surface area contributed by atoms with Crippen LogP contribution < -0.4 is 0 Å². The van der Waals surface area contributed by atoms with Gasteiger partial charge >= 0.3 is 0 Å². The number of hydrogen-bond acceptors (Lipinski definition) is 0. The van der Waals surface area contributed by atoms with Crippen molar-refractivity contribution in [2.75, 3.05) is 0 Å². The summed E-state index contributed by atoms with van der Waals surface area (Å²) in [5, 5.41) is 0. The highest BCUT2D eigenvalue weighted by molar-refractivity contribution is 14.1. The van der Waals surface area contributed by atoms with Crippen LogP contribution in [0.5, 0.6) is 0 Å². The van der Waals surface area contributed by atoms with Gasteiger partial charge in [-0.2, -0.15) is 0 Å². The van der Waals surface area contributed by atoms with Gasteiger partial charge in [-0.15, -0.1) is 6.58 Å². The summed E-state index contributed by atoms with van der Waals surface area (Å²) in [5.41, 5.74) is 7.08. The Bertz CT molecular complexity index is 685. The molecule has 4 unspecified atom stereocenters. The molecule has 0 amide bonds. The van der Waals surface area contributed by atoms with Gasteiger partial charge in [0.05, 0.1) is 0 Å². The highest BCUT2D eigenvalue weighted by Crippen LogP contribution is 2.61. The molecule has 1 aromatic carbocycles. The number of alkyl halides is 1. The van der Waals surface area contributed by atoms with Crippen molar-refractivity contribution >= 4 is 22.6 Å². The van der Waals surface area contributed by atoms with Crippen molar-refractivity contribution in [3.05, 3.63) is 59.2 Å². The predicted molar refractivity (Wildman–Crippen MR) is 112 cm³/mol. The molecule has 0 radical (unpaired) electrons. The molecule has 0 saturated heterocycles. The largest absolute Gasteiger partial charge is 0.103 e. The van der Waals surface area contributed by atoms with Crippen molar-refractivity contribution < 1.29 is 0 Å². The van der Waals surface area contributed by atoms with Gasteiger partial charge in [-0.05, 0) is 85.3 Å². The van der Waals surface area contributed by atoms with E-state index in [1.54, 1.807) is 22.3 Å². The average molecular weight is 432 g/mol. The first-order chi connectivity index (χ1) is 11.6. The van der Waals surface area contributed by atoms with Gasteiger partial charge in [0.1, 0.15) is 0 Å². The molecular formula is C23H29I. The van der Waals surface area contributed by atoms with Gasteiger partial charge in [0.2, 0.25) is 0 Å². The summed E-state index contributed by atoms with van der Waals surface area (Å²) in [6.45, 7) is 8.95. The van der Waals surface area contributed by atoms with E-state index in [2.05, 4.69) is 73.4 Å². The fraction of sp³-hybridized carbons (Fsp3) is 0.565. The Balaban J connectivity index is 1.90. The molecule has 5 atom stereocenters. The van der Waals surface area contributed by atoms with Crippen LogP contribution in [0.15, 0.2) is 42.5 Å². The Hall–Kier alpha value is -0.570. The third-order valence-electron chi connectivity index (χ3n) is 7.17. The van der Waals surface area contributed by atoms with Crippen LogP contribution in [0, 0.1) is 11.8 Å². The number of fused-ring (bicyclic) bond motifs is 2. The van der Waals surface area contributed by atoms with Crippen molar-refractivity contribution in [2.24, 2.45) is 11.8 Å². The van der Waals surface area contributed by atoms with Crippen molar-refractivity contribution in [3.8, 4) is 0 Å². The van der Waals surface area contributed by atoms with Gasteiger partial charge in [-0.25, -0.2) is 0 Å². The Morgan fingerprint density at radius 1 is 1.33 bits per heavy atom. The smallest absolute Gasteiger partial charge is 0.0362 e.